The van der Waals surface area contributed by atoms with Crippen LogP contribution in [0.3, 0.4) is 0 Å². The first-order valence-corrected chi connectivity index (χ1v) is 8.12. The molecule has 0 spiro atoms. The zero-order valence-electron chi connectivity index (χ0n) is 12.5. The number of halogens is 1. The molecule has 1 amide bonds. The maximum absolute atomic E-state index is 12.8. The Morgan fingerprint density at radius 2 is 1.71 bits per heavy atom. The molecule has 0 atom stereocenters. The van der Waals surface area contributed by atoms with Gasteiger partial charge < -0.3 is 14.4 Å². The van der Waals surface area contributed by atoms with Crippen LogP contribution in [0.1, 0.15) is 10.4 Å². The summed E-state index contributed by atoms with van der Waals surface area (Å²) in [5, 5.41) is 0.960. The van der Waals surface area contributed by atoms with E-state index in [-0.39, 0.29) is 5.91 Å². The molecule has 0 N–H and O–H groups in total. The number of carbonyl (C=O) groups is 1. The van der Waals surface area contributed by atoms with Crippen molar-refractivity contribution < 1.29 is 14.3 Å². The second kappa shape index (κ2) is 7.66. The zero-order valence-corrected chi connectivity index (χ0v) is 14.1. The molecule has 0 aliphatic carbocycles. The minimum absolute atomic E-state index is 0.0252. The van der Waals surface area contributed by atoms with Crippen LogP contribution in [-0.2, 0) is 0 Å². The van der Waals surface area contributed by atoms with Crippen LogP contribution in [0.5, 0.6) is 11.5 Å². The Balaban J connectivity index is 2.14. The fraction of sp³-hybridized carbons (Fsp3) is 0.533. The van der Waals surface area contributed by atoms with Crippen molar-refractivity contribution >= 4 is 21.8 Å². The molecular formula is C15H21BrN2O3. The summed E-state index contributed by atoms with van der Waals surface area (Å²) in [5.41, 5.74) is 0.511. The van der Waals surface area contributed by atoms with Gasteiger partial charge in [-0.3, -0.25) is 9.69 Å². The predicted molar refractivity (Wildman–Crippen MR) is 85.7 cm³/mol. The Bertz CT molecular complexity index is 466. The molecule has 5 nitrogen and oxygen atoms in total. The Morgan fingerprint density at radius 3 is 2.19 bits per heavy atom. The Labute approximate surface area is 133 Å². The fourth-order valence-corrected chi connectivity index (χ4v) is 3.02. The van der Waals surface area contributed by atoms with Crippen LogP contribution in [-0.4, -0.2) is 68.0 Å². The standard InChI is InChI=1S/C15H21BrN2O3/c1-20-12-4-3-5-13(21-2)14(12)15(19)18-10-8-17(7-6-16)9-11-18/h3-5H,6-11H2,1-2H3. The van der Waals surface area contributed by atoms with E-state index in [9.17, 15) is 4.79 Å². The lowest BCUT2D eigenvalue weighted by atomic mass is 10.1. The molecule has 1 aromatic carbocycles. The second-order valence-electron chi connectivity index (χ2n) is 4.86. The lowest BCUT2D eigenvalue weighted by molar-refractivity contribution is 0.0638. The molecule has 0 saturated carbocycles. The summed E-state index contributed by atoms with van der Waals surface area (Å²) >= 11 is 3.45. The maximum Gasteiger partial charge on any atom is 0.261 e. The molecule has 21 heavy (non-hydrogen) atoms. The van der Waals surface area contributed by atoms with Gasteiger partial charge in [0.25, 0.3) is 5.91 Å². The lowest BCUT2D eigenvalue weighted by Crippen LogP contribution is -2.49. The molecule has 1 aromatic rings. The van der Waals surface area contributed by atoms with Crippen LogP contribution >= 0.6 is 15.9 Å². The van der Waals surface area contributed by atoms with E-state index >= 15 is 0 Å². The van der Waals surface area contributed by atoms with E-state index in [1.165, 1.54) is 0 Å². The van der Waals surface area contributed by atoms with Crippen LogP contribution in [0.4, 0.5) is 0 Å². The van der Waals surface area contributed by atoms with E-state index in [1.807, 2.05) is 11.0 Å². The Hall–Kier alpha value is -1.27. The molecule has 0 aromatic heterocycles. The first kappa shape index (κ1) is 16.1. The summed E-state index contributed by atoms with van der Waals surface area (Å²) in [6.45, 7) is 4.27. The van der Waals surface area contributed by atoms with Gasteiger partial charge in [0.05, 0.1) is 14.2 Å². The van der Waals surface area contributed by atoms with E-state index in [4.69, 9.17) is 9.47 Å². The van der Waals surface area contributed by atoms with E-state index in [2.05, 4.69) is 20.8 Å². The van der Waals surface area contributed by atoms with Crippen molar-refractivity contribution in [2.24, 2.45) is 0 Å². The van der Waals surface area contributed by atoms with Gasteiger partial charge in [-0.25, -0.2) is 0 Å². The molecule has 0 radical (unpaired) electrons. The number of carbonyl (C=O) groups excluding carboxylic acids is 1. The molecule has 116 valence electrons. The number of hydrogen-bond acceptors (Lipinski definition) is 4. The van der Waals surface area contributed by atoms with Gasteiger partial charge in [-0.05, 0) is 12.1 Å². The fourth-order valence-electron chi connectivity index (χ4n) is 2.51. The summed E-state index contributed by atoms with van der Waals surface area (Å²) in [7, 11) is 3.14. The van der Waals surface area contributed by atoms with E-state index < -0.39 is 0 Å². The topological polar surface area (TPSA) is 42.0 Å². The van der Waals surface area contributed by atoms with Gasteiger partial charge in [0.15, 0.2) is 0 Å². The quantitative estimate of drug-likeness (QED) is 0.755. The summed E-state index contributed by atoms with van der Waals surface area (Å²) in [4.78, 5) is 17.0. The molecular weight excluding hydrogens is 336 g/mol. The van der Waals surface area contributed by atoms with Crippen molar-refractivity contribution in [3.05, 3.63) is 23.8 Å². The third kappa shape index (κ3) is 3.68. The average Bonchev–Trinajstić information content (AvgIpc) is 2.54. The Kier molecular flexibility index (Phi) is 5.87. The van der Waals surface area contributed by atoms with Gasteiger partial charge in [0.2, 0.25) is 0 Å². The molecule has 0 unspecified atom stereocenters. The number of rotatable bonds is 5. The van der Waals surface area contributed by atoms with Crippen molar-refractivity contribution in [1.29, 1.82) is 0 Å². The van der Waals surface area contributed by atoms with Crippen LogP contribution in [0.15, 0.2) is 18.2 Å². The monoisotopic (exact) mass is 356 g/mol. The minimum Gasteiger partial charge on any atom is -0.496 e. The highest BCUT2D eigenvalue weighted by molar-refractivity contribution is 9.09. The third-order valence-electron chi connectivity index (χ3n) is 3.70. The molecule has 6 heteroatoms. The highest BCUT2D eigenvalue weighted by Gasteiger charge is 2.26. The summed E-state index contributed by atoms with van der Waals surface area (Å²) < 4.78 is 10.6. The van der Waals surface area contributed by atoms with Crippen molar-refractivity contribution in [3.8, 4) is 11.5 Å². The normalized spacial score (nSPS) is 15.9. The van der Waals surface area contributed by atoms with Crippen LogP contribution < -0.4 is 9.47 Å². The van der Waals surface area contributed by atoms with Crippen LogP contribution in [0, 0.1) is 0 Å². The number of alkyl halides is 1. The molecule has 1 saturated heterocycles. The van der Waals surface area contributed by atoms with Gasteiger partial charge in [0, 0.05) is 38.1 Å². The number of benzene rings is 1. The number of nitrogens with zero attached hydrogens (tertiary/aromatic N) is 2. The molecule has 2 rings (SSSR count). The van der Waals surface area contributed by atoms with E-state index in [0.717, 1.165) is 38.1 Å². The molecule has 1 heterocycles. The summed E-state index contributed by atoms with van der Waals surface area (Å²) in [5.74, 6) is 1.09. The number of ether oxygens (including phenoxy) is 2. The second-order valence-corrected chi connectivity index (χ2v) is 5.65. The van der Waals surface area contributed by atoms with Crippen molar-refractivity contribution in [1.82, 2.24) is 9.80 Å². The molecule has 1 aliphatic heterocycles. The number of methoxy groups -OCH3 is 2. The Morgan fingerprint density at radius 1 is 1.14 bits per heavy atom. The number of hydrogen-bond donors (Lipinski definition) is 0. The molecule has 1 fully saturated rings. The largest absolute Gasteiger partial charge is 0.496 e. The average molecular weight is 357 g/mol. The summed E-state index contributed by atoms with van der Waals surface area (Å²) in [6.07, 6.45) is 0. The van der Waals surface area contributed by atoms with Gasteiger partial charge in [0.1, 0.15) is 17.1 Å². The lowest BCUT2D eigenvalue weighted by Gasteiger charge is -2.34. The van der Waals surface area contributed by atoms with Crippen LogP contribution in [0.2, 0.25) is 0 Å². The van der Waals surface area contributed by atoms with E-state index in [1.54, 1.807) is 26.4 Å². The highest BCUT2D eigenvalue weighted by Crippen LogP contribution is 2.29. The first-order valence-electron chi connectivity index (χ1n) is 6.99. The highest BCUT2D eigenvalue weighted by atomic mass is 79.9. The summed E-state index contributed by atoms with van der Waals surface area (Å²) in [6, 6.07) is 5.40. The minimum atomic E-state index is -0.0252. The van der Waals surface area contributed by atoms with Crippen molar-refractivity contribution in [3.63, 3.8) is 0 Å². The maximum atomic E-state index is 12.8. The van der Waals surface area contributed by atoms with Gasteiger partial charge in [-0.2, -0.15) is 0 Å². The van der Waals surface area contributed by atoms with E-state index in [0.29, 0.717) is 17.1 Å². The van der Waals surface area contributed by atoms with Gasteiger partial charge in [-0.1, -0.05) is 22.0 Å². The van der Waals surface area contributed by atoms with Crippen molar-refractivity contribution in [2.75, 3.05) is 52.3 Å². The third-order valence-corrected chi connectivity index (χ3v) is 4.06. The van der Waals surface area contributed by atoms with Gasteiger partial charge in [-0.15, -0.1) is 0 Å². The predicted octanol–water partition coefficient (Wildman–Crippen LogP) is 1.86. The molecule has 1 aliphatic rings. The van der Waals surface area contributed by atoms with Gasteiger partial charge >= 0.3 is 0 Å². The number of amides is 1. The number of piperazine rings is 1. The smallest absolute Gasteiger partial charge is 0.261 e. The molecule has 0 bridgehead atoms. The zero-order chi connectivity index (χ0) is 15.2. The van der Waals surface area contributed by atoms with Crippen molar-refractivity contribution in [2.45, 2.75) is 0 Å². The van der Waals surface area contributed by atoms with Crippen LogP contribution in [0.25, 0.3) is 0 Å². The first-order chi connectivity index (χ1) is 10.2. The SMILES string of the molecule is COc1cccc(OC)c1C(=O)N1CCN(CCBr)CC1.